The quantitative estimate of drug-likeness (QED) is 0.722. The second-order valence-corrected chi connectivity index (χ2v) is 7.60. The molecule has 0 spiro atoms. The molecule has 1 aromatic carbocycles. The minimum atomic E-state index is -3.78. The third-order valence-corrected chi connectivity index (χ3v) is 6.07. The molecule has 2 rings (SSSR count). The third kappa shape index (κ3) is 4.44. The molecular weight excluding hydrogens is 364 g/mol. The normalized spacial score (nSPS) is 15.5. The van der Waals surface area contributed by atoms with Crippen LogP contribution in [0.3, 0.4) is 0 Å². The number of carbonyl (C=O) groups excluding carboxylic acids is 1. The highest BCUT2D eigenvalue weighted by molar-refractivity contribution is 7.89. The molecule has 1 heterocycles. The molecule has 0 saturated carbocycles. The highest BCUT2D eigenvalue weighted by atomic mass is 32.2. The number of carboxylic acids is 1. The van der Waals surface area contributed by atoms with E-state index >= 15 is 0 Å². The third-order valence-electron chi connectivity index (χ3n) is 4.13. The first kappa shape index (κ1) is 20.0. The molecule has 1 aliphatic heterocycles. The van der Waals surface area contributed by atoms with E-state index in [2.05, 4.69) is 0 Å². The van der Waals surface area contributed by atoms with Gasteiger partial charge in [0.05, 0.1) is 20.6 Å². The van der Waals surface area contributed by atoms with Crippen LogP contribution < -0.4 is 9.47 Å². The van der Waals surface area contributed by atoms with Gasteiger partial charge in [0.2, 0.25) is 15.9 Å². The number of methoxy groups -OCH3 is 2. The molecule has 1 N–H and O–H groups in total. The molecule has 1 aliphatic rings. The van der Waals surface area contributed by atoms with Gasteiger partial charge < -0.3 is 19.5 Å². The average molecular weight is 386 g/mol. The summed E-state index contributed by atoms with van der Waals surface area (Å²) in [5.41, 5.74) is 0. The fraction of sp³-hybridized carbons (Fsp3) is 0.500. The second-order valence-electron chi connectivity index (χ2n) is 5.70. The molecule has 1 amide bonds. The maximum atomic E-state index is 12.9. The van der Waals surface area contributed by atoms with Crippen LogP contribution in [-0.2, 0) is 19.6 Å². The van der Waals surface area contributed by atoms with E-state index in [9.17, 15) is 18.0 Å². The van der Waals surface area contributed by atoms with E-state index in [4.69, 9.17) is 14.6 Å². The summed E-state index contributed by atoms with van der Waals surface area (Å²) in [6.45, 7) is 0.707. The number of carbonyl (C=O) groups is 2. The molecule has 1 saturated heterocycles. The van der Waals surface area contributed by atoms with Crippen molar-refractivity contribution in [2.24, 2.45) is 0 Å². The summed E-state index contributed by atoms with van der Waals surface area (Å²) in [7, 11) is -0.926. The summed E-state index contributed by atoms with van der Waals surface area (Å²) in [5, 5.41) is 8.64. The van der Waals surface area contributed by atoms with Crippen molar-refractivity contribution in [2.75, 3.05) is 40.4 Å². The lowest BCUT2D eigenvalue weighted by Gasteiger charge is -2.34. The van der Waals surface area contributed by atoms with Gasteiger partial charge in [-0.25, -0.2) is 8.42 Å². The van der Waals surface area contributed by atoms with Gasteiger partial charge in [0, 0.05) is 38.7 Å². The van der Waals surface area contributed by atoms with Gasteiger partial charge in [0.15, 0.2) is 0 Å². The first-order valence-corrected chi connectivity index (χ1v) is 9.45. The van der Waals surface area contributed by atoms with Crippen LogP contribution in [0.4, 0.5) is 0 Å². The molecule has 10 heteroatoms. The molecule has 144 valence electrons. The molecular formula is C16H22N2O7S. The Morgan fingerprint density at radius 3 is 2.27 bits per heavy atom. The number of nitrogens with zero attached hydrogens (tertiary/aromatic N) is 2. The fourth-order valence-electron chi connectivity index (χ4n) is 2.68. The minimum absolute atomic E-state index is 0.0338. The van der Waals surface area contributed by atoms with Gasteiger partial charge in [-0.05, 0) is 12.1 Å². The lowest BCUT2D eigenvalue weighted by molar-refractivity contribution is -0.141. The van der Waals surface area contributed by atoms with Crippen LogP contribution >= 0.6 is 0 Å². The molecule has 1 aromatic rings. The van der Waals surface area contributed by atoms with Crippen molar-refractivity contribution in [3.63, 3.8) is 0 Å². The van der Waals surface area contributed by atoms with E-state index in [1.54, 1.807) is 6.07 Å². The SMILES string of the molecule is COc1ccc(S(=O)(=O)N2CCN(C(=O)CCC(=O)O)CC2)c(OC)c1. The van der Waals surface area contributed by atoms with Gasteiger partial charge in [-0.3, -0.25) is 9.59 Å². The van der Waals surface area contributed by atoms with E-state index in [0.717, 1.165) is 0 Å². The van der Waals surface area contributed by atoms with Crippen molar-refractivity contribution >= 4 is 21.9 Å². The van der Waals surface area contributed by atoms with Gasteiger partial charge in [-0.15, -0.1) is 0 Å². The molecule has 9 nitrogen and oxygen atoms in total. The number of amides is 1. The van der Waals surface area contributed by atoms with E-state index in [1.807, 2.05) is 0 Å². The summed E-state index contributed by atoms with van der Waals surface area (Å²) in [6, 6.07) is 4.47. The smallest absolute Gasteiger partial charge is 0.303 e. The second kappa shape index (κ2) is 8.37. The molecule has 1 fully saturated rings. The Balaban J connectivity index is 2.08. The monoisotopic (exact) mass is 386 g/mol. The van der Waals surface area contributed by atoms with Gasteiger partial charge in [0.25, 0.3) is 0 Å². The largest absolute Gasteiger partial charge is 0.497 e. The number of rotatable bonds is 7. The zero-order valence-corrected chi connectivity index (χ0v) is 15.5. The zero-order valence-electron chi connectivity index (χ0n) is 14.7. The zero-order chi connectivity index (χ0) is 19.3. The number of benzene rings is 1. The molecule has 0 radical (unpaired) electrons. The van der Waals surface area contributed by atoms with Crippen molar-refractivity contribution < 1.29 is 32.6 Å². The number of aliphatic carboxylic acids is 1. The van der Waals surface area contributed by atoms with Crippen LogP contribution in [0.15, 0.2) is 23.1 Å². The highest BCUT2D eigenvalue weighted by Crippen LogP contribution is 2.31. The summed E-state index contributed by atoms with van der Waals surface area (Å²) in [5.74, 6) is -0.656. The van der Waals surface area contributed by atoms with Crippen LogP contribution in [0.25, 0.3) is 0 Å². The summed E-state index contributed by atoms with van der Waals surface area (Å²) in [6.07, 6.45) is -0.325. The average Bonchev–Trinajstić information content (AvgIpc) is 2.65. The standard InChI is InChI=1S/C16H22N2O7S/c1-24-12-3-4-14(13(11-12)25-2)26(22,23)18-9-7-17(8-10-18)15(19)5-6-16(20)21/h3-4,11H,5-10H2,1-2H3,(H,20,21). The molecule has 0 aliphatic carbocycles. The Morgan fingerprint density at radius 1 is 1.08 bits per heavy atom. The fourth-order valence-corrected chi connectivity index (χ4v) is 4.24. The molecule has 26 heavy (non-hydrogen) atoms. The minimum Gasteiger partial charge on any atom is -0.497 e. The Bertz CT molecular complexity index is 771. The van der Waals surface area contributed by atoms with Gasteiger partial charge >= 0.3 is 5.97 Å². The molecule has 0 bridgehead atoms. The van der Waals surface area contributed by atoms with E-state index in [0.29, 0.717) is 5.75 Å². The van der Waals surface area contributed by atoms with Crippen molar-refractivity contribution in [3.8, 4) is 11.5 Å². The van der Waals surface area contributed by atoms with Crippen LogP contribution in [0, 0.1) is 0 Å². The van der Waals surface area contributed by atoms with Gasteiger partial charge in [-0.1, -0.05) is 0 Å². The number of hydrogen-bond donors (Lipinski definition) is 1. The number of hydrogen-bond acceptors (Lipinski definition) is 6. The van der Waals surface area contributed by atoms with Gasteiger partial charge in [0.1, 0.15) is 16.4 Å². The van der Waals surface area contributed by atoms with Crippen molar-refractivity contribution in [2.45, 2.75) is 17.7 Å². The number of piperazine rings is 1. The topological polar surface area (TPSA) is 113 Å². The number of ether oxygens (including phenoxy) is 2. The lowest BCUT2D eigenvalue weighted by Crippen LogP contribution is -2.50. The first-order chi connectivity index (χ1) is 12.3. The van der Waals surface area contributed by atoms with E-state index in [1.165, 1.54) is 35.6 Å². The Morgan fingerprint density at radius 2 is 1.73 bits per heavy atom. The number of sulfonamides is 1. The first-order valence-electron chi connectivity index (χ1n) is 8.01. The van der Waals surface area contributed by atoms with Crippen LogP contribution in [0.1, 0.15) is 12.8 Å². The van der Waals surface area contributed by atoms with E-state index < -0.39 is 16.0 Å². The summed E-state index contributed by atoms with van der Waals surface area (Å²) >= 11 is 0. The van der Waals surface area contributed by atoms with Gasteiger partial charge in [-0.2, -0.15) is 4.31 Å². The van der Waals surface area contributed by atoms with Crippen molar-refractivity contribution in [1.29, 1.82) is 0 Å². The van der Waals surface area contributed by atoms with Crippen molar-refractivity contribution in [3.05, 3.63) is 18.2 Å². The predicted octanol–water partition coefficient (Wildman–Crippen LogP) is 0.401. The number of carboxylic acid groups (broad SMARTS) is 1. The Kier molecular flexibility index (Phi) is 6.43. The Labute approximate surface area is 152 Å². The lowest BCUT2D eigenvalue weighted by atomic mass is 10.2. The van der Waals surface area contributed by atoms with Crippen LogP contribution in [0.2, 0.25) is 0 Å². The highest BCUT2D eigenvalue weighted by Gasteiger charge is 2.32. The van der Waals surface area contributed by atoms with Crippen molar-refractivity contribution in [1.82, 2.24) is 9.21 Å². The molecule has 0 atom stereocenters. The summed E-state index contributed by atoms with van der Waals surface area (Å²) in [4.78, 5) is 24.0. The maximum absolute atomic E-state index is 12.9. The predicted molar refractivity (Wildman–Crippen MR) is 91.8 cm³/mol. The van der Waals surface area contributed by atoms with Crippen LogP contribution in [-0.4, -0.2) is 75.0 Å². The maximum Gasteiger partial charge on any atom is 0.303 e. The summed E-state index contributed by atoms with van der Waals surface area (Å²) < 4.78 is 37.3. The van der Waals surface area contributed by atoms with E-state index in [-0.39, 0.29) is 55.6 Å². The Hall–Kier alpha value is -2.33. The molecule has 0 unspecified atom stereocenters. The molecule has 0 aromatic heterocycles. The van der Waals surface area contributed by atoms with Crippen LogP contribution in [0.5, 0.6) is 11.5 Å².